The average molecular weight is 720 g/mol. The number of nitrogens with zero attached hydrogens (tertiary/aromatic N) is 4. The molecule has 5 atom stereocenters. The summed E-state index contributed by atoms with van der Waals surface area (Å²) in [5, 5.41) is 4.90. The van der Waals surface area contributed by atoms with Crippen molar-refractivity contribution in [1.82, 2.24) is 14.5 Å². The molecule has 3 aromatic rings. The van der Waals surface area contributed by atoms with Gasteiger partial charge in [-0.05, 0) is 111 Å². The molecule has 3 heterocycles. The number of aromatic nitrogens is 2. The van der Waals surface area contributed by atoms with Crippen molar-refractivity contribution in [3.63, 3.8) is 0 Å². The van der Waals surface area contributed by atoms with Gasteiger partial charge in [-0.25, -0.2) is 4.21 Å². The number of aryl methyl sites for hydroxylation is 3. The maximum absolute atomic E-state index is 14.3. The number of hydrogen-bond donors (Lipinski definition) is 1. The molecule has 1 spiro atoms. The van der Waals surface area contributed by atoms with Crippen LogP contribution in [0.25, 0.3) is 0 Å². The topological polar surface area (TPSA) is 115 Å². The zero-order valence-corrected chi connectivity index (χ0v) is 30.4. The van der Waals surface area contributed by atoms with Crippen molar-refractivity contribution in [2.45, 2.75) is 69.3 Å². The maximum atomic E-state index is 14.3. The fourth-order valence-corrected chi connectivity index (χ4v) is 10.1. The van der Waals surface area contributed by atoms with E-state index < -0.39 is 21.7 Å². The Labute approximate surface area is 299 Å². The molecule has 2 aromatic carbocycles. The van der Waals surface area contributed by atoms with Crippen LogP contribution in [-0.4, -0.2) is 64.5 Å². The fourth-order valence-electron chi connectivity index (χ4n) is 8.23. The second kappa shape index (κ2) is 14.5. The molecular weight excluding hydrogens is 674 g/mol. The van der Waals surface area contributed by atoms with Crippen LogP contribution in [0, 0.1) is 11.8 Å². The van der Waals surface area contributed by atoms with Crippen molar-refractivity contribution in [3.05, 3.63) is 88.2 Å². The van der Waals surface area contributed by atoms with Crippen molar-refractivity contribution in [2.75, 3.05) is 37.5 Å². The zero-order valence-electron chi connectivity index (χ0n) is 28.8. The molecule has 2 amide bonds. The number of halogens is 1. The Balaban J connectivity index is 1.24. The number of benzene rings is 2. The van der Waals surface area contributed by atoms with Gasteiger partial charge in [-0.2, -0.15) is 5.10 Å². The highest BCUT2D eigenvalue weighted by Crippen LogP contribution is 2.47. The molecule has 266 valence electrons. The summed E-state index contributed by atoms with van der Waals surface area (Å²) in [6.45, 7) is 2.03. The molecule has 2 aliphatic carbocycles. The molecule has 7 rings (SSSR count). The smallest absolute Gasteiger partial charge is 0.286 e. The van der Waals surface area contributed by atoms with Crippen LogP contribution < -0.4 is 14.4 Å². The van der Waals surface area contributed by atoms with Gasteiger partial charge in [-0.15, -0.1) is 4.36 Å². The first kappa shape index (κ1) is 34.8. The van der Waals surface area contributed by atoms with Crippen LogP contribution in [0.1, 0.15) is 72.1 Å². The van der Waals surface area contributed by atoms with Gasteiger partial charge in [-0.3, -0.25) is 19.0 Å². The SMILES string of the molecule is CO[C@H]1/C=C/CCCS(=O)(NC(=O)CCc2ccnn2C)=NC(=O)c2ccc3c(c2)N(C[C@@H]2CC[C@H]21)C[C@@]1(CCCc2cc(Cl)ccc21)CO3. The summed E-state index contributed by atoms with van der Waals surface area (Å²) in [7, 11) is 0.166. The van der Waals surface area contributed by atoms with Crippen LogP contribution in [0.5, 0.6) is 5.75 Å². The number of allylic oxidation sites excluding steroid dienone is 1. The minimum atomic E-state index is -3.41. The molecule has 50 heavy (non-hydrogen) atoms. The molecule has 4 aliphatic rings. The van der Waals surface area contributed by atoms with Crippen molar-refractivity contribution in [3.8, 4) is 5.75 Å². The lowest BCUT2D eigenvalue weighted by Crippen LogP contribution is -2.49. The van der Waals surface area contributed by atoms with Crippen molar-refractivity contribution < 1.29 is 23.3 Å². The lowest BCUT2D eigenvalue weighted by Gasteiger charge is -2.46. The number of ether oxygens (including phenoxy) is 2. The second-order valence-electron chi connectivity index (χ2n) is 14.3. The van der Waals surface area contributed by atoms with Gasteiger partial charge in [0.1, 0.15) is 15.7 Å². The lowest BCUT2D eigenvalue weighted by atomic mass is 9.68. The summed E-state index contributed by atoms with van der Waals surface area (Å²) < 4.78 is 35.5. The van der Waals surface area contributed by atoms with E-state index in [1.807, 2.05) is 31.3 Å². The van der Waals surface area contributed by atoms with Crippen molar-refractivity contribution >= 4 is 39.0 Å². The molecule has 1 fully saturated rings. The van der Waals surface area contributed by atoms with Gasteiger partial charge in [0.2, 0.25) is 5.91 Å². The van der Waals surface area contributed by atoms with Gasteiger partial charge in [0, 0.05) is 61.6 Å². The monoisotopic (exact) mass is 719 g/mol. The lowest BCUT2D eigenvalue weighted by molar-refractivity contribution is -0.119. The van der Waals surface area contributed by atoms with Crippen LogP contribution in [0.2, 0.25) is 5.02 Å². The fraction of sp³-hybridized carbons (Fsp3) is 0.500. The molecule has 10 nitrogen and oxygen atoms in total. The standard InChI is InChI=1S/C38H46ClN5O5S/c1-43-30(17-19-40-43)12-16-36(45)41-50(47)20-5-3-4-8-34(48-2)31-13-9-28(31)23-44-24-38(18-6-7-26-21-29(39)11-14-32(26)38)25-49-35-15-10-27(22-33(35)44)37(46)42-50/h4,8,10-11,14-15,17,19,21-22,28,31,34H,3,5-7,9,12-13,16,18,20,23-25H2,1-2H3,(H,41,42,45,46,47)/b8-4+/t28-,31+,34-,38-,50?/m0/s1. The third-order valence-electron chi connectivity index (χ3n) is 11.1. The molecule has 1 unspecified atom stereocenters. The van der Waals surface area contributed by atoms with E-state index in [2.05, 4.69) is 43.4 Å². The molecule has 1 saturated carbocycles. The molecule has 1 aromatic heterocycles. The first-order valence-corrected chi connectivity index (χ1v) is 19.8. The quantitative estimate of drug-likeness (QED) is 0.312. The Morgan fingerprint density at radius 1 is 1.18 bits per heavy atom. The molecule has 1 N–H and O–H groups in total. The van der Waals surface area contributed by atoms with Gasteiger partial charge >= 0.3 is 0 Å². The highest BCUT2D eigenvalue weighted by molar-refractivity contribution is 7.92. The summed E-state index contributed by atoms with van der Waals surface area (Å²) >= 11 is 6.45. The van der Waals surface area contributed by atoms with Gasteiger partial charge in [0.05, 0.1) is 24.2 Å². The van der Waals surface area contributed by atoms with Crippen LogP contribution in [-0.2, 0) is 44.8 Å². The minimum Gasteiger partial charge on any atom is -0.490 e. The summed E-state index contributed by atoms with van der Waals surface area (Å²) in [6, 6.07) is 13.4. The number of methoxy groups -OCH3 is 1. The third-order valence-corrected chi connectivity index (χ3v) is 13.1. The molecular formula is C38H46ClN5O5S. The Hall–Kier alpha value is -3.67. The Bertz CT molecular complexity index is 1920. The van der Waals surface area contributed by atoms with Gasteiger partial charge < -0.3 is 14.4 Å². The maximum Gasteiger partial charge on any atom is 0.286 e. The first-order chi connectivity index (χ1) is 24.1. The van der Waals surface area contributed by atoms with E-state index in [0.29, 0.717) is 49.0 Å². The summed E-state index contributed by atoms with van der Waals surface area (Å²) in [5.74, 6) is 0.477. The predicted molar refractivity (Wildman–Crippen MR) is 195 cm³/mol. The number of carbonyl (C=O) groups is 2. The number of amides is 2. The van der Waals surface area contributed by atoms with E-state index in [9.17, 15) is 13.8 Å². The summed E-state index contributed by atoms with van der Waals surface area (Å²) in [6.07, 6.45) is 12.6. The van der Waals surface area contributed by atoms with Crippen molar-refractivity contribution in [1.29, 1.82) is 0 Å². The van der Waals surface area contributed by atoms with Crippen LogP contribution >= 0.6 is 11.6 Å². The zero-order chi connectivity index (χ0) is 34.9. The Morgan fingerprint density at radius 2 is 2.06 bits per heavy atom. The number of hydrogen-bond acceptors (Lipinski definition) is 7. The highest BCUT2D eigenvalue weighted by Gasteiger charge is 2.44. The third kappa shape index (κ3) is 7.22. The predicted octanol–water partition coefficient (Wildman–Crippen LogP) is 6.21. The normalized spacial score (nSPS) is 28.7. The molecule has 2 bridgehead atoms. The number of fused-ring (bicyclic) bond motifs is 4. The first-order valence-electron chi connectivity index (χ1n) is 17.7. The van der Waals surface area contributed by atoms with Crippen LogP contribution in [0.4, 0.5) is 5.69 Å². The largest absolute Gasteiger partial charge is 0.490 e. The van der Waals surface area contributed by atoms with Gasteiger partial charge in [0.25, 0.3) is 5.91 Å². The minimum absolute atomic E-state index is 0.0375. The molecule has 12 heteroatoms. The van der Waals surface area contributed by atoms with E-state index in [0.717, 1.165) is 61.6 Å². The number of rotatable bonds is 5. The number of anilines is 1. The molecule has 0 saturated heterocycles. The van der Waals surface area contributed by atoms with Gasteiger partial charge in [-0.1, -0.05) is 29.8 Å². The summed E-state index contributed by atoms with van der Waals surface area (Å²) in [5.41, 5.74) is 4.32. The molecule has 0 radical (unpaired) electrons. The van der Waals surface area contributed by atoms with E-state index >= 15 is 0 Å². The number of nitrogens with one attached hydrogen (secondary N) is 1. The Kier molecular flexibility index (Phi) is 10.1. The number of carbonyl (C=O) groups excluding carboxylic acids is 2. The Morgan fingerprint density at radius 3 is 2.84 bits per heavy atom. The highest BCUT2D eigenvalue weighted by atomic mass is 35.5. The molecule has 2 aliphatic heterocycles. The second-order valence-corrected chi connectivity index (χ2v) is 16.8. The van der Waals surface area contributed by atoms with E-state index in [-0.39, 0.29) is 23.7 Å². The summed E-state index contributed by atoms with van der Waals surface area (Å²) in [4.78, 5) is 29.4. The van der Waals surface area contributed by atoms with Crippen LogP contribution in [0.15, 0.2) is 65.2 Å². The van der Waals surface area contributed by atoms with Crippen LogP contribution in [0.3, 0.4) is 0 Å². The van der Waals surface area contributed by atoms with E-state index in [1.54, 1.807) is 24.1 Å². The van der Waals surface area contributed by atoms with Gasteiger partial charge in [0.15, 0.2) is 0 Å². The van der Waals surface area contributed by atoms with Crippen molar-refractivity contribution in [2.24, 2.45) is 23.2 Å². The van der Waals surface area contributed by atoms with E-state index in [4.69, 9.17) is 21.1 Å². The average Bonchev–Trinajstić information content (AvgIpc) is 3.43. The van der Waals surface area contributed by atoms with E-state index in [1.165, 1.54) is 11.1 Å².